The number of aryl methyl sites for hydroxylation is 1. The average molecular weight is 352 g/mol. The minimum absolute atomic E-state index is 0.149. The van der Waals surface area contributed by atoms with Gasteiger partial charge in [-0.05, 0) is 47.5 Å². The van der Waals surface area contributed by atoms with Crippen LogP contribution in [0.15, 0.2) is 29.0 Å². The first-order chi connectivity index (χ1) is 10.0. The highest BCUT2D eigenvalue weighted by Gasteiger charge is 2.23. The smallest absolute Gasteiger partial charge is 0.353 e. The van der Waals surface area contributed by atoms with E-state index < -0.39 is 4.92 Å². The first-order valence-electron chi connectivity index (χ1n) is 6.29. The zero-order valence-electron chi connectivity index (χ0n) is 11.6. The monoisotopic (exact) mass is 351 g/mol. The molecule has 0 radical (unpaired) electrons. The maximum atomic E-state index is 11.3. The molecule has 0 spiro atoms. The number of halogens is 1. The van der Waals surface area contributed by atoms with Crippen LogP contribution in [0.2, 0.25) is 0 Å². The molecule has 1 aromatic carbocycles. The van der Waals surface area contributed by atoms with Crippen molar-refractivity contribution >= 4 is 38.9 Å². The molecule has 1 heterocycles. The standard InChI is InChI=1S/C13H14BrN5O2/c1-3-15-12-11(19(20)21)13(17-7-16-12)18-10-5-4-8(2)6-9(10)14/h4-7H,3H2,1-2H3,(H2,15,16,17,18). The van der Waals surface area contributed by atoms with Crippen LogP contribution in [0.5, 0.6) is 0 Å². The van der Waals surface area contributed by atoms with E-state index >= 15 is 0 Å². The van der Waals surface area contributed by atoms with Crippen LogP contribution in [0.3, 0.4) is 0 Å². The summed E-state index contributed by atoms with van der Waals surface area (Å²) in [5.74, 6) is 0.346. The molecule has 1 aromatic heterocycles. The Morgan fingerprint density at radius 1 is 1.33 bits per heavy atom. The lowest BCUT2D eigenvalue weighted by molar-refractivity contribution is -0.383. The number of hydrogen-bond acceptors (Lipinski definition) is 6. The van der Waals surface area contributed by atoms with E-state index in [1.807, 2.05) is 32.0 Å². The molecule has 8 heteroatoms. The summed E-state index contributed by atoms with van der Waals surface area (Å²) < 4.78 is 0.806. The Labute approximate surface area is 130 Å². The third-order valence-corrected chi connectivity index (χ3v) is 3.38. The predicted octanol–water partition coefficient (Wildman–Crippen LogP) is 3.63. The lowest BCUT2D eigenvalue weighted by atomic mass is 10.2. The molecule has 2 rings (SSSR count). The molecule has 0 saturated carbocycles. The highest BCUT2D eigenvalue weighted by atomic mass is 79.9. The van der Waals surface area contributed by atoms with Gasteiger partial charge in [-0.2, -0.15) is 0 Å². The number of nitro groups is 1. The van der Waals surface area contributed by atoms with E-state index in [9.17, 15) is 10.1 Å². The molecule has 0 aliphatic rings. The van der Waals surface area contributed by atoms with Gasteiger partial charge in [0.15, 0.2) is 0 Å². The number of nitrogens with zero attached hydrogens (tertiary/aromatic N) is 3. The lowest BCUT2D eigenvalue weighted by Gasteiger charge is -2.10. The van der Waals surface area contributed by atoms with Gasteiger partial charge in [-0.25, -0.2) is 9.97 Å². The van der Waals surface area contributed by atoms with Gasteiger partial charge in [0.1, 0.15) is 6.33 Å². The maximum Gasteiger partial charge on any atom is 0.353 e. The second-order valence-electron chi connectivity index (χ2n) is 4.32. The normalized spacial score (nSPS) is 10.2. The summed E-state index contributed by atoms with van der Waals surface area (Å²) in [6, 6.07) is 5.66. The molecular weight excluding hydrogens is 338 g/mol. The number of benzene rings is 1. The molecule has 0 atom stereocenters. The van der Waals surface area contributed by atoms with Crippen molar-refractivity contribution in [1.29, 1.82) is 0 Å². The second kappa shape index (κ2) is 6.49. The van der Waals surface area contributed by atoms with Crippen molar-refractivity contribution in [3.63, 3.8) is 0 Å². The summed E-state index contributed by atoms with van der Waals surface area (Å²) in [6.07, 6.45) is 1.29. The number of aromatic nitrogens is 2. The Balaban J connectivity index is 2.43. The minimum atomic E-state index is -0.498. The van der Waals surface area contributed by atoms with Gasteiger partial charge in [0.05, 0.1) is 10.6 Å². The van der Waals surface area contributed by atoms with Crippen molar-refractivity contribution in [2.75, 3.05) is 17.2 Å². The van der Waals surface area contributed by atoms with Gasteiger partial charge < -0.3 is 10.6 Å². The fourth-order valence-corrected chi connectivity index (χ4v) is 2.38. The van der Waals surface area contributed by atoms with E-state index in [2.05, 4.69) is 36.5 Å². The zero-order valence-corrected chi connectivity index (χ0v) is 13.1. The van der Waals surface area contributed by atoms with Crippen molar-refractivity contribution in [3.8, 4) is 0 Å². The maximum absolute atomic E-state index is 11.3. The molecule has 0 bridgehead atoms. The Morgan fingerprint density at radius 3 is 2.67 bits per heavy atom. The third-order valence-electron chi connectivity index (χ3n) is 2.73. The van der Waals surface area contributed by atoms with Gasteiger partial charge in [0, 0.05) is 11.0 Å². The van der Waals surface area contributed by atoms with Gasteiger partial charge in [0.25, 0.3) is 0 Å². The van der Waals surface area contributed by atoms with E-state index in [1.165, 1.54) is 6.33 Å². The third kappa shape index (κ3) is 3.46. The van der Waals surface area contributed by atoms with Crippen molar-refractivity contribution in [2.24, 2.45) is 0 Å². The first kappa shape index (κ1) is 15.2. The van der Waals surface area contributed by atoms with E-state index in [-0.39, 0.29) is 17.3 Å². The van der Waals surface area contributed by atoms with Gasteiger partial charge >= 0.3 is 5.69 Å². The molecule has 0 amide bonds. The van der Waals surface area contributed by atoms with Crippen molar-refractivity contribution in [1.82, 2.24) is 9.97 Å². The van der Waals surface area contributed by atoms with Crippen LogP contribution in [0.25, 0.3) is 0 Å². The molecule has 0 unspecified atom stereocenters. The Bertz CT molecular complexity index is 678. The number of hydrogen-bond donors (Lipinski definition) is 2. The molecular formula is C13H14BrN5O2. The highest BCUT2D eigenvalue weighted by molar-refractivity contribution is 9.10. The zero-order chi connectivity index (χ0) is 15.4. The molecule has 110 valence electrons. The second-order valence-corrected chi connectivity index (χ2v) is 5.17. The van der Waals surface area contributed by atoms with Gasteiger partial charge in [0.2, 0.25) is 11.6 Å². The summed E-state index contributed by atoms with van der Waals surface area (Å²) in [5.41, 5.74) is 1.61. The molecule has 7 nitrogen and oxygen atoms in total. The van der Waals surface area contributed by atoms with Gasteiger partial charge in [-0.15, -0.1) is 0 Å². The van der Waals surface area contributed by atoms with Crippen molar-refractivity contribution in [2.45, 2.75) is 13.8 Å². The van der Waals surface area contributed by atoms with Gasteiger partial charge in [-0.3, -0.25) is 10.1 Å². The highest BCUT2D eigenvalue weighted by Crippen LogP contribution is 2.33. The molecule has 0 saturated heterocycles. The Kier molecular flexibility index (Phi) is 4.69. The van der Waals surface area contributed by atoms with Crippen LogP contribution in [-0.2, 0) is 0 Å². The van der Waals surface area contributed by atoms with Crippen LogP contribution in [0.4, 0.5) is 23.0 Å². The van der Waals surface area contributed by atoms with E-state index in [1.54, 1.807) is 0 Å². The Hall–Kier alpha value is -2.22. The summed E-state index contributed by atoms with van der Waals surface area (Å²) in [6.45, 7) is 4.34. The number of nitrogens with one attached hydrogen (secondary N) is 2. The van der Waals surface area contributed by atoms with Crippen molar-refractivity contribution in [3.05, 3.63) is 44.7 Å². The molecule has 2 N–H and O–H groups in total. The summed E-state index contributed by atoms with van der Waals surface area (Å²) in [7, 11) is 0. The first-order valence-corrected chi connectivity index (χ1v) is 7.08. The fraction of sp³-hybridized carbons (Fsp3) is 0.231. The summed E-state index contributed by atoms with van der Waals surface area (Å²) >= 11 is 3.42. The molecule has 0 aliphatic carbocycles. The van der Waals surface area contributed by atoms with Crippen LogP contribution in [-0.4, -0.2) is 21.4 Å². The Morgan fingerprint density at radius 2 is 2.05 bits per heavy atom. The summed E-state index contributed by atoms with van der Waals surface area (Å²) in [5, 5.41) is 17.1. The van der Waals surface area contributed by atoms with Crippen molar-refractivity contribution < 1.29 is 4.92 Å². The average Bonchev–Trinajstić information content (AvgIpc) is 2.42. The van der Waals surface area contributed by atoms with Crippen LogP contribution in [0.1, 0.15) is 12.5 Å². The molecule has 2 aromatic rings. The SMILES string of the molecule is CCNc1ncnc(Nc2ccc(C)cc2Br)c1[N+](=O)[O-]. The largest absolute Gasteiger partial charge is 0.364 e. The predicted molar refractivity (Wildman–Crippen MR) is 85.0 cm³/mol. The van der Waals surface area contributed by atoms with E-state index in [0.29, 0.717) is 12.2 Å². The topological polar surface area (TPSA) is 93.0 Å². The number of rotatable bonds is 5. The van der Waals surface area contributed by atoms with Crippen LogP contribution in [0, 0.1) is 17.0 Å². The van der Waals surface area contributed by atoms with E-state index in [0.717, 1.165) is 10.0 Å². The van der Waals surface area contributed by atoms with Gasteiger partial charge in [-0.1, -0.05) is 6.07 Å². The number of anilines is 3. The lowest BCUT2D eigenvalue weighted by Crippen LogP contribution is -2.07. The minimum Gasteiger partial charge on any atom is -0.364 e. The van der Waals surface area contributed by atoms with Crippen LogP contribution >= 0.6 is 15.9 Å². The quantitative estimate of drug-likeness (QED) is 0.631. The van der Waals surface area contributed by atoms with E-state index in [4.69, 9.17) is 0 Å². The summed E-state index contributed by atoms with van der Waals surface area (Å²) in [4.78, 5) is 18.7. The molecule has 21 heavy (non-hydrogen) atoms. The molecule has 0 aliphatic heterocycles. The van der Waals surface area contributed by atoms with Crippen LogP contribution < -0.4 is 10.6 Å². The molecule has 0 fully saturated rings. The fourth-order valence-electron chi connectivity index (χ4n) is 1.79.